The molecule has 0 radical (unpaired) electrons. The van der Waals surface area contributed by atoms with Crippen molar-refractivity contribution in [1.29, 1.82) is 0 Å². The van der Waals surface area contributed by atoms with Crippen LogP contribution in [-0.4, -0.2) is 51.4 Å². The molecule has 17 heteroatoms. The summed E-state index contributed by atoms with van der Waals surface area (Å²) in [4.78, 5) is 0. The molecule has 0 aromatic carbocycles. The van der Waals surface area contributed by atoms with Crippen LogP contribution >= 0.6 is 39.7 Å². The summed E-state index contributed by atoms with van der Waals surface area (Å²) >= 11 is 0. The first-order valence-corrected chi connectivity index (χ1v) is 12.8. The molecule has 0 aliphatic rings. The van der Waals surface area contributed by atoms with E-state index < -0.39 is 62.6 Å². The first-order chi connectivity index (χ1) is 10.3. The van der Waals surface area contributed by atoms with Crippen molar-refractivity contribution >= 4 is 59.4 Å². The van der Waals surface area contributed by atoms with Gasteiger partial charge in [0.1, 0.15) is 0 Å². The predicted octanol–water partition coefficient (Wildman–Crippen LogP) is 3.85. The number of rotatable bonds is 8. The van der Waals surface area contributed by atoms with Gasteiger partial charge in [0.2, 0.25) is 0 Å². The zero-order valence-electron chi connectivity index (χ0n) is 11.1. The lowest BCUT2D eigenvalue weighted by Crippen LogP contribution is -2.45. The Hall–Kier alpha value is 0.660. The molecule has 0 saturated heterocycles. The highest BCUT2D eigenvalue weighted by molar-refractivity contribution is 8.79. The summed E-state index contributed by atoms with van der Waals surface area (Å²) in [5.41, 5.74) is -12.4. The average molecular weight is 490 g/mol. The van der Waals surface area contributed by atoms with Crippen LogP contribution in [0, 0.1) is 0 Å². The molecule has 24 heavy (non-hydrogen) atoms. The minimum atomic E-state index is -6.66. The van der Waals surface area contributed by atoms with Crippen molar-refractivity contribution in [2.75, 3.05) is 19.0 Å². The molecule has 5 nitrogen and oxygen atoms in total. The van der Waals surface area contributed by atoms with E-state index in [1.165, 1.54) is 0 Å². The van der Waals surface area contributed by atoms with Gasteiger partial charge >= 0.3 is 11.0 Å². The first-order valence-electron chi connectivity index (χ1n) is 5.42. The first kappa shape index (κ1) is 24.7. The van der Waals surface area contributed by atoms with Gasteiger partial charge in [-0.2, -0.15) is 26.3 Å². The molecular weight excluding hydrogens is 481 g/mol. The van der Waals surface area contributed by atoms with E-state index >= 15 is 0 Å². The van der Waals surface area contributed by atoms with Crippen LogP contribution in [0.4, 0.5) is 26.3 Å². The zero-order valence-corrected chi connectivity index (χ0v) is 15.8. The van der Waals surface area contributed by atoms with Gasteiger partial charge in [-0.05, 0) is 39.7 Å². The normalized spacial score (nSPS) is 15.8. The fourth-order valence-corrected chi connectivity index (χ4v) is 5.48. The average Bonchev–Trinajstić information content (AvgIpc) is 2.28. The molecule has 0 amide bonds. The van der Waals surface area contributed by atoms with Crippen molar-refractivity contribution in [1.82, 2.24) is 0 Å². The van der Waals surface area contributed by atoms with Crippen LogP contribution in [0.25, 0.3) is 0 Å². The number of hydrogen-bond acceptors (Lipinski definition) is 5. The standard InChI is InChI=1S/C7H9Cl3F6O5S3/c8-22(9,10)4-3-21-2-1-5(23(17,18)6(11,12)13)24(19,20)7(14,15)16/h5H,1-4H2. The van der Waals surface area contributed by atoms with Gasteiger partial charge in [-0.25, -0.2) is 16.8 Å². The van der Waals surface area contributed by atoms with Gasteiger partial charge in [-0.15, -0.1) is 0 Å². The van der Waals surface area contributed by atoms with Gasteiger partial charge in [0, 0.05) is 18.8 Å². The van der Waals surface area contributed by atoms with Gasteiger partial charge in [0.05, 0.1) is 6.61 Å². The summed E-state index contributed by atoms with van der Waals surface area (Å²) < 4.78 is 120. The van der Waals surface area contributed by atoms with Crippen LogP contribution in [0.5, 0.6) is 0 Å². The lowest BCUT2D eigenvalue weighted by Gasteiger charge is -2.21. The van der Waals surface area contributed by atoms with Gasteiger partial charge in [0.15, 0.2) is 4.58 Å². The van der Waals surface area contributed by atoms with E-state index in [-0.39, 0.29) is 5.75 Å². The second-order valence-electron chi connectivity index (χ2n) is 4.02. The smallest absolute Gasteiger partial charge is 0.380 e. The van der Waals surface area contributed by atoms with Crippen LogP contribution in [0.1, 0.15) is 6.42 Å². The van der Waals surface area contributed by atoms with Crippen molar-refractivity contribution in [3.05, 3.63) is 0 Å². The fourth-order valence-electron chi connectivity index (χ4n) is 1.21. The number of ether oxygens (including phenoxy) is 1. The molecule has 0 aromatic heterocycles. The number of alkyl halides is 6. The third-order valence-electron chi connectivity index (χ3n) is 2.29. The Balaban J connectivity index is 5.35. The Kier molecular flexibility index (Phi) is 8.35. The Bertz CT molecular complexity index is 580. The maximum atomic E-state index is 12.4. The van der Waals surface area contributed by atoms with E-state index in [9.17, 15) is 43.2 Å². The SMILES string of the molecule is O=S(=O)(C(CCOCCS(Cl)(Cl)Cl)S(=O)(=O)C(F)(F)F)C(F)(F)F. The molecule has 0 aromatic rings. The molecule has 0 N–H and O–H groups in total. The quantitative estimate of drug-likeness (QED) is 0.382. The molecule has 0 unspecified atom stereocenters. The van der Waals surface area contributed by atoms with Crippen LogP contribution in [0.2, 0.25) is 0 Å². The van der Waals surface area contributed by atoms with Crippen molar-refractivity contribution < 1.29 is 47.9 Å². The van der Waals surface area contributed by atoms with Gasteiger partial charge < -0.3 is 4.74 Å². The second kappa shape index (κ2) is 8.13. The molecule has 0 aliphatic carbocycles. The topological polar surface area (TPSA) is 77.5 Å². The molecule has 0 spiro atoms. The van der Waals surface area contributed by atoms with E-state index in [0.717, 1.165) is 0 Å². The van der Waals surface area contributed by atoms with Crippen molar-refractivity contribution in [3.8, 4) is 0 Å². The highest BCUT2D eigenvalue weighted by Crippen LogP contribution is 2.62. The third kappa shape index (κ3) is 6.76. The summed E-state index contributed by atoms with van der Waals surface area (Å²) in [6.45, 7) is -1.48. The number of halogens is 9. The van der Waals surface area contributed by atoms with Crippen LogP contribution in [0.15, 0.2) is 0 Å². The largest absolute Gasteiger partial charge is 0.498 e. The molecule has 0 heterocycles. The van der Waals surface area contributed by atoms with Gasteiger partial charge in [-0.1, -0.05) is 0 Å². The van der Waals surface area contributed by atoms with Crippen molar-refractivity contribution in [2.24, 2.45) is 0 Å². The van der Waals surface area contributed by atoms with Crippen LogP contribution in [-0.2, 0) is 24.4 Å². The summed E-state index contributed by atoms with van der Waals surface area (Å²) in [5, 5.41) is 0. The lowest BCUT2D eigenvalue weighted by atomic mass is 10.5. The number of hydrogen-bond donors (Lipinski definition) is 0. The van der Waals surface area contributed by atoms with Crippen molar-refractivity contribution in [2.45, 2.75) is 22.0 Å². The second-order valence-corrected chi connectivity index (χ2v) is 16.1. The molecule has 0 saturated carbocycles. The van der Waals surface area contributed by atoms with Crippen molar-refractivity contribution in [3.63, 3.8) is 0 Å². The molecule has 0 aliphatic heterocycles. The summed E-state index contributed by atoms with van der Waals surface area (Å²) in [6.07, 6.45) is -1.60. The van der Waals surface area contributed by atoms with Gasteiger partial charge in [-0.3, -0.25) is 0 Å². The molecule has 148 valence electrons. The van der Waals surface area contributed by atoms with E-state index in [1.807, 2.05) is 0 Å². The molecule has 0 atom stereocenters. The van der Waals surface area contributed by atoms with E-state index in [0.29, 0.717) is 0 Å². The molecular formula is C7H9Cl3F6O5S3. The van der Waals surface area contributed by atoms with Crippen LogP contribution < -0.4 is 0 Å². The Morgan fingerprint density at radius 2 is 1.17 bits per heavy atom. The zero-order chi connectivity index (χ0) is 19.6. The van der Waals surface area contributed by atoms with E-state index in [1.54, 1.807) is 0 Å². The lowest BCUT2D eigenvalue weighted by molar-refractivity contribution is -0.0474. The number of sulfone groups is 2. The fraction of sp³-hybridized carbons (Fsp3) is 1.00. The van der Waals surface area contributed by atoms with E-state index in [4.69, 9.17) is 32.0 Å². The minimum Gasteiger partial charge on any atom is -0.380 e. The maximum absolute atomic E-state index is 12.4. The monoisotopic (exact) mass is 488 g/mol. The minimum absolute atomic E-state index is 0.236. The van der Waals surface area contributed by atoms with Gasteiger partial charge in [0.25, 0.3) is 19.7 Å². The maximum Gasteiger partial charge on any atom is 0.498 e. The Morgan fingerprint density at radius 3 is 1.46 bits per heavy atom. The molecule has 0 bridgehead atoms. The Labute approximate surface area is 148 Å². The third-order valence-corrected chi connectivity index (χ3v) is 8.98. The predicted molar refractivity (Wildman–Crippen MR) is 79.2 cm³/mol. The van der Waals surface area contributed by atoms with E-state index in [2.05, 4.69) is 4.74 Å². The Morgan fingerprint density at radius 1 is 0.792 bits per heavy atom. The molecule has 0 fully saturated rings. The summed E-state index contributed by atoms with van der Waals surface area (Å²) in [7, 11) is 0.208. The van der Waals surface area contributed by atoms with Crippen LogP contribution in [0.3, 0.4) is 0 Å². The summed E-state index contributed by atoms with van der Waals surface area (Å²) in [6, 6.07) is 0. The summed E-state index contributed by atoms with van der Waals surface area (Å²) in [5.74, 6) is -0.236. The highest BCUT2D eigenvalue weighted by atomic mass is 36.2. The molecule has 0 rings (SSSR count). The highest BCUT2D eigenvalue weighted by Gasteiger charge is 2.62.